The van der Waals surface area contributed by atoms with Gasteiger partial charge in [-0.25, -0.2) is 4.79 Å². The summed E-state index contributed by atoms with van der Waals surface area (Å²) in [5.41, 5.74) is 1.68. The van der Waals surface area contributed by atoms with E-state index in [0.717, 1.165) is 53.6 Å². The van der Waals surface area contributed by atoms with Crippen molar-refractivity contribution in [3.8, 4) is 11.5 Å². The van der Waals surface area contributed by atoms with E-state index in [2.05, 4.69) is 5.32 Å². The maximum absolute atomic E-state index is 13.2. The van der Waals surface area contributed by atoms with E-state index >= 15 is 0 Å². The quantitative estimate of drug-likeness (QED) is 0.412. The summed E-state index contributed by atoms with van der Waals surface area (Å²) in [6, 6.07) is 14.4. The van der Waals surface area contributed by atoms with Crippen molar-refractivity contribution in [2.24, 2.45) is 0 Å². The molecule has 0 bridgehead atoms. The molecular weight excluding hydrogens is 446 g/mol. The molecule has 180 valence electrons. The lowest BCUT2D eigenvalue weighted by Crippen LogP contribution is -2.57. The SMILES string of the molecule is COc1ccc(OCCn2cc(/C=C3/C(=O)NC(=O)N(C4CCCC4)C3=O)c3ccccc32)cc1. The van der Waals surface area contributed by atoms with Crippen LogP contribution >= 0.6 is 0 Å². The first-order valence-electron chi connectivity index (χ1n) is 11.8. The van der Waals surface area contributed by atoms with E-state index in [1.54, 1.807) is 13.2 Å². The van der Waals surface area contributed by atoms with Crippen LogP contribution in [0.15, 0.2) is 60.3 Å². The normalized spacial score (nSPS) is 17.9. The first kappa shape index (κ1) is 22.7. The highest BCUT2D eigenvalue weighted by Gasteiger charge is 2.40. The molecule has 1 aliphatic heterocycles. The van der Waals surface area contributed by atoms with Crippen LogP contribution in [-0.2, 0) is 16.1 Å². The Kier molecular flexibility index (Phi) is 6.27. The molecule has 4 amide bonds. The summed E-state index contributed by atoms with van der Waals surface area (Å²) >= 11 is 0. The highest BCUT2D eigenvalue weighted by atomic mass is 16.5. The largest absolute Gasteiger partial charge is 0.497 e. The number of aromatic nitrogens is 1. The third-order valence-electron chi connectivity index (χ3n) is 6.60. The van der Waals surface area contributed by atoms with E-state index in [0.29, 0.717) is 13.2 Å². The molecule has 2 aliphatic rings. The van der Waals surface area contributed by atoms with Crippen molar-refractivity contribution < 1.29 is 23.9 Å². The van der Waals surface area contributed by atoms with Gasteiger partial charge in [0.1, 0.15) is 23.7 Å². The standard InChI is InChI=1S/C27H27N3O5/c1-34-20-10-12-21(13-11-20)35-15-14-29-17-18(22-8-4-5-9-24(22)29)16-23-25(31)28-27(33)30(26(23)32)19-6-2-3-7-19/h4-5,8-13,16-17,19H,2-3,6-7,14-15H2,1H3,(H,28,31,33)/b23-16-. The number of carbonyl (C=O) groups excluding carboxylic acids is 3. The van der Waals surface area contributed by atoms with Crippen molar-refractivity contribution in [3.63, 3.8) is 0 Å². The number of hydrogen-bond acceptors (Lipinski definition) is 5. The lowest BCUT2D eigenvalue weighted by molar-refractivity contribution is -0.131. The molecule has 3 aromatic rings. The number of nitrogens with zero attached hydrogens (tertiary/aromatic N) is 2. The molecule has 2 fully saturated rings. The van der Waals surface area contributed by atoms with Gasteiger partial charge in [0.15, 0.2) is 0 Å². The van der Waals surface area contributed by atoms with E-state index in [4.69, 9.17) is 9.47 Å². The highest BCUT2D eigenvalue weighted by Crippen LogP contribution is 2.29. The topological polar surface area (TPSA) is 89.9 Å². The number of amides is 4. The number of fused-ring (bicyclic) bond motifs is 1. The molecule has 1 N–H and O–H groups in total. The number of nitrogens with one attached hydrogen (secondary N) is 1. The summed E-state index contributed by atoms with van der Waals surface area (Å²) in [6.45, 7) is 1.01. The predicted molar refractivity (Wildman–Crippen MR) is 131 cm³/mol. The number of urea groups is 1. The molecule has 5 rings (SSSR count). The zero-order chi connectivity index (χ0) is 24.4. The molecular formula is C27H27N3O5. The fraction of sp³-hybridized carbons (Fsp3) is 0.296. The van der Waals surface area contributed by atoms with Crippen LogP contribution in [-0.4, -0.2) is 47.1 Å². The van der Waals surface area contributed by atoms with E-state index in [1.165, 1.54) is 4.90 Å². The van der Waals surface area contributed by atoms with Crippen LogP contribution in [0, 0.1) is 0 Å². The number of barbiturate groups is 1. The number of ether oxygens (including phenoxy) is 2. The van der Waals surface area contributed by atoms with Crippen molar-refractivity contribution in [2.75, 3.05) is 13.7 Å². The van der Waals surface area contributed by atoms with Gasteiger partial charge in [0.2, 0.25) is 0 Å². The zero-order valence-electron chi connectivity index (χ0n) is 19.5. The minimum absolute atomic E-state index is 0.0196. The monoisotopic (exact) mass is 473 g/mol. The first-order valence-corrected chi connectivity index (χ1v) is 11.8. The van der Waals surface area contributed by atoms with Gasteiger partial charge in [-0.2, -0.15) is 0 Å². The minimum Gasteiger partial charge on any atom is -0.497 e. The fourth-order valence-corrected chi connectivity index (χ4v) is 4.83. The maximum Gasteiger partial charge on any atom is 0.331 e. The van der Waals surface area contributed by atoms with Gasteiger partial charge >= 0.3 is 6.03 Å². The van der Waals surface area contributed by atoms with Crippen LogP contribution in [0.1, 0.15) is 31.2 Å². The molecule has 35 heavy (non-hydrogen) atoms. The molecule has 8 heteroatoms. The van der Waals surface area contributed by atoms with Crippen LogP contribution in [0.4, 0.5) is 4.79 Å². The number of hydrogen-bond donors (Lipinski definition) is 1. The second-order valence-corrected chi connectivity index (χ2v) is 8.75. The molecule has 0 unspecified atom stereocenters. The smallest absolute Gasteiger partial charge is 0.331 e. The van der Waals surface area contributed by atoms with Crippen LogP contribution < -0.4 is 14.8 Å². The molecule has 0 atom stereocenters. The van der Waals surface area contributed by atoms with Gasteiger partial charge in [0.25, 0.3) is 11.8 Å². The molecule has 1 saturated carbocycles. The van der Waals surface area contributed by atoms with Gasteiger partial charge in [0, 0.05) is 28.7 Å². The molecule has 0 spiro atoms. The van der Waals surface area contributed by atoms with E-state index < -0.39 is 17.8 Å². The average Bonchev–Trinajstić information content (AvgIpc) is 3.51. The van der Waals surface area contributed by atoms with E-state index in [9.17, 15) is 14.4 Å². The molecule has 1 saturated heterocycles. The van der Waals surface area contributed by atoms with Gasteiger partial charge < -0.3 is 14.0 Å². The Morgan fingerprint density at radius 2 is 1.71 bits per heavy atom. The van der Waals surface area contributed by atoms with Gasteiger partial charge in [-0.15, -0.1) is 0 Å². The summed E-state index contributed by atoms with van der Waals surface area (Å²) in [5.74, 6) is 0.325. The molecule has 0 radical (unpaired) electrons. The molecule has 2 heterocycles. The van der Waals surface area contributed by atoms with Crippen LogP contribution in [0.25, 0.3) is 17.0 Å². The lowest BCUT2D eigenvalue weighted by Gasteiger charge is -2.31. The van der Waals surface area contributed by atoms with Crippen LogP contribution in [0.2, 0.25) is 0 Å². The van der Waals surface area contributed by atoms with Gasteiger partial charge in [-0.05, 0) is 49.2 Å². The number of para-hydroxylation sites is 1. The summed E-state index contributed by atoms with van der Waals surface area (Å²) in [4.78, 5) is 39.4. The Balaban J connectivity index is 1.39. The number of methoxy groups -OCH3 is 1. The first-order chi connectivity index (χ1) is 17.0. The highest BCUT2D eigenvalue weighted by molar-refractivity contribution is 6.31. The second-order valence-electron chi connectivity index (χ2n) is 8.75. The summed E-state index contributed by atoms with van der Waals surface area (Å²) in [7, 11) is 1.62. The molecule has 8 nitrogen and oxygen atoms in total. The summed E-state index contributed by atoms with van der Waals surface area (Å²) < 4.78 is 13.1. The Bertz CT molecular complexity index is 1300. The Morgan fingerprint density at radius 1 is 1.00 bits per heavy atom. The third-order valence-corrected chi connectivity index (χ3v) is 6.60. The van der Waals surface area contributed by atoms with Gasteiger partial charge in [-0.1, -0.05) is 31.0 Å². The van der Waals surface area contributed by atoms with Crippen molar-refractivity contribution in [1.29, 1.82) is 0 Å². The summed E-state index contributed by atoms with van der Waals surface area (Å²) in [5, 5.41) is 3.26. The van der Waals surface area contributed by atoms with Gasteiger partial charge in [-0.3, -0.25) is 19.8 Å². The predicted octanol–water partition coefficient (Wildman–Crippen LogP) is 4.13. The fourth-order valence-electron chi connectivity index (χ4n) is 4.83. The average molecular weight is 474 g/mol. The molecule has 2 aromatic carbocycles. The van der Waals surface area contributed by atoms with Crippen molar-refractivity contribution in [1.82, 2.24) is 14.8 Å². The third kappa shape index (κ3) is 4.51. The van der Waals surface area contributed by atoms with Crippen molar-refractivity contribution >= 4 is 34.8 Å². The van der Waals surface area contributed by atoms with Crippen LogP contribution in [0.3, 0.4) is 0 Å². The number of carbonyl (C=O) groups is 3. The molecule has 1 aliphatic carbocycles. The maximum atomic E-state index is 13.2. The van der Waals surface area contributed by atoms with E-state index in [1.807, 2.05) is 59.3 Å². The number of rotatable bonds is 7. The number of imide groups is 2. The minimum atomic E-state index is -0.658. The Labute approximate surface area is 203 Å². The lowest BCUT2D eigenvalue weighted by atomic mass is 10.0. The Morgan fingerprint density at radius 3 is 2.46 bits per heavy atom. The number of benzene rings is 2. The van der Waals surface area contributed by atoms with Crippen LogP contribution in [0.5, 0.6) is 11.5 Å². The molecule has 1 aromatic heterocycles. The van der Waals surface area contributed by atoms with E-state index in [-0.39, 0.29) is 11.6 Å². The Hall–Kier alpha value is -4.07. The van der Waals surface area contributed by atoms with Gasteiger partial charge in [0.05, 0.1) is 13.7 Å². The van der Waals surface area contributed by atoms with Crippen molar-refractivity contribution in [3.05, 3.63) is 65.9 Å². The van der Waals surface area contributed by atoms with Crippen molar-refractivity contribution in [2.45, 2.75) is 38.3 Å². The zero-order valence-corrected chi connectivity index (χ0v) is 19.5. The second kappa shape index (κ2) is 9.66. The summed E-state index contributed by atoms with van der Waals surface area (Å²) in [6.07, 6.45) is 6.99.